The molecule has 0 fully saturated rings. The van der Waals surface area contributed by atoms with Gasteiger partial charge in [-0.3, -0.25) is 10.2 Å². The molecule has 172 valence electrons. The Hall–Kier alpha value is -2.93. The van der Waals surface area contributed by atoms with Crippen molar-refractivity contribution in [2.24, 2.45) is 10.1 Å². The van der Waals surface area contributed by atoms with Crippen LogP contribution in [0.5, 0.6) is 0 Å². The molecule has 2 aliphatic heterocycles. The van der Waals surface area contributed by atoms with Gasteiger partial charge in [0.25, 0.3) is 5.91 Å². The second-order valence-corrected chi connectivity index (χ2v) is 9.82. The average Bonchev–Trinajstić information content (AvgIpc) is 3.29. The van der Waals surface area contributed by atoms with Gasteiger partial charge in [-0.2, -0.15) is 15.1 Å². The number of hydrogen-bond acceptors (Lipinski definition) is 4. The summed E-state index contributed by atoms with van der Waals surface area (Å²) < 4.78 is 2.20. The lowest BCUT2D eigenvalue weighted by atomic mass is 10.1. The second kappa shape index (κ2) is 9.51. The van der Waals surface area contributed by atoms with E-state index in [4.69, 9.17) is 5.41 Å². The van der Waals surface area contributed by atoms with Crippen LogP contribution >= 0.6 is 11.8 Å². The molecule has 3 heterocycles. The van der Waals surface area contributed by atoms with Crippen molar-refractivity contribution < 1.29 is 4.79 Å². The molecule has 0 saturated heterocycles. The first-order valence-corrected chi connectivity index (χ1v) is 12.4. The van der Waals surface area contributed by atoms with Gasteiger partial charge in [0, 0.05) is 17.1 Å². The summed E-state index contributed by atoms with van der Waals surface area (Å²) in [6.45, 7) is 10.5. The first kappa shape index (κ1) is 23.2. The Labute approximate surface area is 200 Å². The molecule has 0 bridgehead atoms. The highest BCUT2D eigenvalue weighted by molar-refractivity contribution is 8.26. The van der Waals surface area contributed by atoms with Crippen molar-refractivity contribution >= 4 is 39.8 Å². The molecule has 1 amide bonds. The maximum Gasteiger partial charge on any atom is 0.283 e. The number of carbonyl (C=O) groups is 1. The molecule has 2 aliphatic rings. The molecule has 1 N–H and O–H groups in total. The van der Waals surface area contributed by atoms with E-state index in [-0.39, 0.29) is 17.3 Å². The van der Waals surface area contributed by atoms with Crippen molar-refractivity contribution in [1.29, 1.82) is 5.41 Å². The SMILES string of the molecule is CCCCCCC1=NN2C(=N)/C(=C\c3cc(C)n(-c4ccc(C)cc4C)c3C)C(=O)N=C2S1. The minimum Gasteiger partial charge on any atom is -0.318 e. The Morgan fingerprint density at radius 2 is 1.88 bits per heavy atom. The van der Waals surface area contributed by atoms with Crippen molar-refractivity contribution in [2.45, 2.75) is 66.7 Å². The van der Waals surface area contributed by atoms with Crippen LogP contribution in [0.1, 0.15) is 67.1 Å². The highest BCUT2D eigenvalue weighted by Gasteiger charge is 2.35. The third kappa shape index (κ3) is 4.60. The molecule has 6 nitrogen and oxygen atoms in total. The maximum absolute atomic E-state index is 12.8. The third-order valence-electron chi connectivity index (χ3n) is 6.10. The van der Waals surface area contributed by atoms with E-state index in [9.17, 15) is 4.79 Å². The summed E-state index contributed by atoms with van der Waals surface area (Å²) in [6, 6.07) is 8.47. The third-order valence-corrected chi connectivity index (χ3v) is 7.07. The van der Waals surface area contributed by atoms with E-state index in [1.54, 1.807) is 6.08 Å². The van der Waals surface area contributed by atoms with Gasteiger partial charge >= 0.3 is 0 Å². The van der Waals surface area contributed by atoms with Crippen LogP contribution in [0.3, 0.4) is 0 Å². The molecule has 0 radical (unpaired) electrons. The lowest BCUT2D eigenvalue weighted by Crippen LogP contribution is -2.35. The van der Waals surface area contributed by atoms with Gasteiger partial charge in [-0.05, 0) is 81.6 Å². The number of nitrogens with zero attached hydrogens (tertiary/aromatic N) is 4. The van der Waals surface area contributed by atoms with Gasteiger partial charge in [-0.15, -0.1) is 0 Å². The van der Waals surface area contributed by atoms with Gasteiger partial charge in [0.2, 0.25) is 5.17 Å². The predicted molar refractivity (Wildman–Crippen MR) is 138 cm³/mol. The van der Waals surface area contributed by atoms with Crippen LogP contribution in [0.4, 0.5) is 0 Å². The first-order chi connectivity index (χ1) is 15.8. The molecule has 0 spiro atoms. The molecule has 0 aliphatic carbocycles. The number of amidine groups is 2. The summed E-state index contributed by atoms with van der Waals surface area (Å²) in [7, 11) is 0. The highest BCUT2D eigenvalue weighted by atomic mass is 32.2. The fourth-order valence-corrected chi connectivity index (χ4v) is 5.28. The second-order valence-electron chi connectivity index (χ2n) is 8.78. The minimum absolute atomic E-state index is 0.0948. The van der Waals surface area contributed by atoms with Gasteiger partial charge in [-0.1, -0.05) is 43.9 Å². The molecule has 1 aromatic heterocycles. The largest absolute Gasteiger partial charge is 0.318 e. The van der Waals surface area contributed by atoms with E-state index in [2.05, 4.69) is 66.6 Å². The van der Waals surface area contributed by atoms with Gasteiger partial charge in [0.05, 0.1) is 5.57 Å². The van der Waals surface area contributed by atoms with Gasteiger partial charge in [0.15, 0.2) is 5.84 Å². The Morgan fingerprint density at radius 3 is 2.61 bits per heavy atom. The van der Waals surface area contributed by atoms with Crippen molar-refractivity contribution in [2.75, 3.05) is 0 Å². The van der Waals surface area contributed by atoms with E-state index >= 15 is 0 Å². The number of aliphatic imine (C=N–C) groups is 1. The lowest BCUT2D eigenvalue weighted by Gasteiger charge is -2.20. The number of amides is 1. The van der Waals surface area contributed by atoms with Crippen molar-refractivity contribution in [3.05, 3.63) is 57.9 Å². The van der Waals surface area contributed by atoms with Crippen molar-refractivity contribution in [3.8, 4) is 5.69 Å². The zero-order chi connectivity index (χ0) is 23.7. The number of carbonyl (C=O) groups excluding carboxylic acids is 1. The van der Waals surface area contributed by atoms with Crippen LogP contribution in [0.15, 0.2) is 39.9 Å². The van der Waals surface area contributed by atoms with Crippen LogP contribution < -0.4 is 0 Å². The fourth-order valence-electron chi connectivity index (χ4n) is 4.35. The fraction of sp³-hybridized carbons (Fsp3) is 0.385. The van der Waals surface area contributed by atoms with Crippen LogP contribution in [0.25, 0.3) is 11.8 Å². The topological polar surface area (TPSA) is 73.8 Å². The predicted octanol–water partition coefficient (Wildman–Crippen LogP) is 6.30. The van der Waals surface area contributed by atoms with Crippen LogP contribution in [0.2, 0.25) is 0 Å². The molecule has 0 atom stereocenters. The number of rotatable bonds is 7. The molecule has 2 aromatic rings. The molecular formula is C26H31N5OS. The molecule has 0 unspecified atom stereocenters. The van der Waals surface area contributed by atoms with Gasteiger partial charge in [-0.25, -0.2) is 0 Å². The molecule has 4 rings (SSSR count). The Kier molecular flexibility index (Phi) is 6.70. The summed E-state index contributed by atoms with van der Waals surface area (Å²) in [5, 5.41) is 16.2. The number of nitrogens with one attached hydrogen (secondary N) is 1. The zero-order valence-electron chi connectivity index (χ0n) is 20.0. The quantitative estimate of drug-likeness (QED) is 0.388. The average molecular weight is 462 g/mol. The number of unbranched alkanes of at least 4 members (excludes halogenated alkanes) is 3. The van der Waals surface area contributed by atoms with E-state index in [1.807, 2.05) is 6.92 Å². The standard InChI is InChI=1S/C26H31N5OS/c1-6-7-8-9-10-23-29-31-24(27)21(25(32)28-26(31)33-23)15-20-14-18(4)30(19(20)5)22-12-11-16(2)13-17(22)3/h11-15,27H,6-10H2,1-5H3/b21-15+,27-24?. The number of aromatic nitrogens is 1. The Morgan fingerprint density at radius 1 is 1.09 bits per heavy atom. The van der Waals surface area contributed by atoms with Crippen molar-refractivity contribution in [1.82, 2.24) is 9.58 Å². The lowest BCUT2D eigenvalue weighted by molar-refractivity contribution is -0.114. The number of benzene rings is 1. The monoisotopic (exact) mass is 461 g/mol. The maximum atomic E-state index is 12.8. The van der Waals surface area contributed by atoms with Gasteiger partial charge < -0.3 is 4.57 Å². The number of hydrogen-bond donors (Lipinski definition) is 1. The Bertz CT molecular complexity index is 1220. The zero-order valence-corrected chi connectivity index (χ0v) is 20.8. The number of thioether (sulfide) groups is 1. The smallest absolute Gasteiger partial charge is 0.283 e. The molecule has 1 aromatic carbocycles. The summed E-state index contributed by atoms with van der Waals surface area (Å²) >= 11 is 1.41. The Balaban J connectivity index is 1.62. The normalized spacial score (nSPS) is 17.0. The molecule has 7 heteroatoms. The summed E-state index contributed by atoms with van der Waals surface area (Å²) in [5.74, 6) is -0.283. The number of hydrazone groups is 1. The van der Waals surface area contributed by atoms with Crippen LogP contribution in [-0.4, -0.2) is 31.5 Å². The summed E-state index contributed by atoms with van der Waals surface area (Å²) in [6.07, 6.45) is 7.28. The highest BCUT2D eigenvalue weighted by Crippen LogP contribution is 2.31. The first-order valence-electron chi connectivity index (χ1n) is 11.6. The van der Waals surface area contributed by atoms with Gasteiger partial charge in [0.1, 0.15) is 5.04 Å². The van der Waals surface area contributed by atoms with Crippen LogP contribution in [-0.2, 0) is 4.79 Å². The van der Waals surface area contributed by atoms with E-state index < -0.39 is 0 Å². The summed E-state index contributed by atoms with van der Waals surface area (Å²) in [4.78, 5) is 17.1. The summed E-state index contributed by atoms with van der Waals surface area (Å²) in [5.41, 5.74) is 6.84. The molecule has 33 heavy (non-hydrogen) atoms. The van der Waals surface area contributed by atoms with E-state index in [1.165, 1.54) is 47.2 Å². The number of fused-ring (bicyclic) bond motifs is 1. The van der Waals surface area contributed by atoms with Crippen LogP contribution in [0, 0.1) is 33.1 Å². The van der Waals surface area contributed by atoms with E-state index in [0.717, 1.165) is 40.5 Å². The minimum atomic E-state index is -0.377. The molecular weight excluding hydrogens is 430 g/mol. The van der Waals surface area contributed by atoms with Crippen molar-refractivity contribution in [3.63, 3.8) is 0 Å². The van der Waals surface area contributed by atoms with E-state index in [0.29, 0.717) is 5.17 Å². The number of aryl methyl sites for hydroxylation is 3. The molecule has 0 saturated carbocycles.